The number of carboxylic acid groups (broad SMARTS) is 1. The van der Waals surface area contributed by atoms with E-state index in [1.54, 1.807) is 6.20 Å². The number of carbonyl (C=O) groups is 1. The molecule has 0 fully saturated rings. The summed E-state index contributed by atoms with van der Waals surface area (Å²) in [5.74, 6) is 1.52. The van der Waals surface area contributed by atoms with Crippen molar-refractivity contribution in [1.82, 2.24) is 9.97 Å². The fourth-order valence-electron chi connectivity index (χ4n) is 1.39. The van der Waals surface area contributed by atoms with E-state index in [-0.39, 0.29) is 6.42 Å². The number of rotatable bonds is 2. The van der Waals surface area contributed by atoms with Gasteiger partial charge in [0.1, 0.15) is 12.2 Å². The molecule has 0 bridgehead atoms. The van der Waals surface area contributed by atoms with Crippen LogP contribution in [0.5, 0.6) is 0 Å². The number of aryl methyl sites for hydroxylation is 1. The maximum Gasteiger partial charge on any atom is 0.311 e. The predicted octanol–water partition coefficient (Wildman–Crippen LogP) is 0.893. The predicted molar refractivity (Wildman–Crippen MR) is 53.2 cm³/mol. The molecule has 0 aromatic carbocycles. The van der Waals surface area contributed by atoms with Crippen molar-refractivity contribution in [2.45, 2.75) is 18.6 Å². The Morgan fingerprint density at radius 2 is 2.50 bits per heavy atom. The standard InChI is InChI=1S/C9H10N2O2S/c12-9(13)3-8-10-4-6-1-2-14-5-7(6)11-8/h4H,1-3,5H2,(H,12,13). The zero-order chi connectivity index (χ0) is 9.97. The first-order valence-electron chi connectivity index (χ1n) is 4.39. The van der Waals surface area contributed by atoms with Crippen molar-refractivity contribution < 1.29 is 9.90 Å². The van der Waals surface area contributed by atoms with Crippen molar-refractivity contribution in [3.63, 3.8) is 0 Å². The summed E-state index contributed by atoms with van der Waals surface area (Å²) in [7, 11) is 0. The average molecular weight is 210 g/mol. The van der Waals surface area contributed by atoms with Gasteiger partial charge in [-0.3, -0.25) is 4.79 Å². The number of thioether (sulfide) groups is 1. The fraction of sp³-hybridized carbons (Fsp3) is 0.444. The smallest absolute Gasteiger partial charge is 0.311 e. The molecule has 0 unspecified atom stereocenters. The molecule has 0 radical (unpaired) electrons. The van der Waals surface area contributed by atoms with Crippen molar-refractivity contribution >= 4 is 17.7 Å². The van der Waals surface area contributed by atoms with Gasteiger partial charge in [-0.2, -0.15) is 11.8 Å². The average Bonchev–Trinajstić information content (AvgIpc) is 2.17. The third-order valence-electron chi connectivity index (χ3n) is 2.07. The highest BCUT2D eigenvalue weighted by Gasteiger charge is 2.13. The van der Waals surface area contributed by atoms with Gasteiger partial charge in [0.2, 0.25) is 0 Å². The number of hydrogen-bond acceptors (Lipinski definition) is 4. The van der Waals surface area contributed by atoms with E-state index in [0.29, 0.717) is 5.82 Å². The van der Waals surface area contributed by atoms with Gasteiger partial charge in [-0.25, -0.2) is 9.97 Å². The number of carboxylic acids is 1. The van der Waals surface area contributed by atoms with Gasteiger partial charge < -0.3 is 5.11 Å². The molecule has 1 aromatic rings. The summed E-state index contributed by atoms with van der Waals surface area (Å²) in [5, 5.41) is 8.59. The van der Waals surface area contributed by atoms with Crippen LogP contribution in [0.3, 0.4) is 0 Å². The molecule has 0 spiro atoms. The highest BCUT2D eigenvalue weighted by Crippen LogP contribution is 2.21. The third kappa shape index (κ3) is 2.04. The monoisotopic (exact) mass is 210 g/mol. The first-order chi connectivity index (χ1) is 6.75. The molecular formula is C9H10N2O2S. The summed E-state index contributed by atoms with van der Waals surface area (Å²) in [6.07, 6.45) is 2.67. The lowest BCUT2D eigenvalue weighted by molar-refractivity contribution is -0.136. The van der Waals surface area contributed by atoms with E-state index in [9.17, 15) is 4.79 Å². The molecule has 0 amide bonds. The van der Waals surface area contributed by atoms with E-state index in [1.807, 2.05) is 11.8 Å². The van der Waals surface area contributed by atoms with Crippen LogP contribution in [0.25, 0.3) is 0 Å². The second-order valence-corrected chi connectivity index (χ2v) is 4.24. The molecule has 74 valence electrons. The fourth-order valence-corrected chi connectivity index (χ4v) is 2.34. The van der Waals surface area contributed by atoms with Crippen LogP contribution in [-0.2, 0) is 23.4 Å². The Morgan fingerprint density at radius 3 is 3.29 bits per heavy atom. The van der Waals surface area contributed by atoms with Crippen LogP contribution in [-0.4, -0.2) is 26.8 Å². The van der Waals surface area contributed by atoms with E-state index in [1.165, 1.54) is 0 Å². The molecular weight excluding hydrogens is 200 g/mol. The molecule has 0 saturated carbocycles. The minimum Gasteiger partial charge on any atom is -0.481 e. The molecule has 2 rings (SSSR count). The lowest BCUT2D eigenvalue weighted by Gasteiger charge is -2.13. The molecule has 1 N–H and O–H groups in total. The largest absolute Gasteiger partial charge is 0.481 e. The van der Waals surface area contributed by atoms with Crippen molar-refractivity contribution in [1.29, 1.82) is 0 Å². The minimum atomic E-state index is -0.881. The number of fused-ring (bicyclic) bond motifs is 1. The van der Waals surface area contributed by atoms with Crippen LogP contribution in [0.2, 0.25) is 0 Å². The lowest BCUT2D eigenvalue weighted by atomic mass is 10.2. The van der Waals surface area contributed by atoms with Crippen LogP contribution in [0.1, 0.15) is 17.1 Å². The SMILES string of the molecule is O=C(O)Cc1ncc2c(n1)CSCC2. The van der Waals surface area contributed by atoms with Gasteiger partial charge in [-0.1, -0.05) is 0 Å². The Morgan fingerprint density at radius 1 is 1.64 bits per heavy atom. The number of hydrogen-bond donors (Lipinski definition) is 1. The van der Waals surface area contributed by atoms with Gasteiger partial charge in [-0.15, -0.1) is 0 Å². The molecule has 1 aromatic heterocycles. The quantitative estimate of drug-likeness (QED) is 0.785. The molecule has 4 nitrogen and oxygen atoms in total. The summed E-state index contributed by atoms with van der Waals surface area (Å²) in [6.45, 7) is 0. The lowest BCUT2D eigenvalue weighted by Crippen LogP contribution is -2.11. The van der Waals surface area contributed by atoms with E-state index >= 15 is 0 Å². The van der Waals surface area contributed by atoms with E-state index in [0.717, 1.165) is 29.2 Å². The normalized spacial score (nSPS) is 14.9. The summed E-state index contributed by atoms with van der Waals surface area (Å²) >= 11 is 1.83. The first kappa shape index (κ1) is 9.45. The van der Waals surface area contributed by atoms with Gasteiger partial charge in [0.15, 0.2) is 0 Å². The molecule has 1 aliphatic rings. The molecule has 14 heavy (non-hydrogen) atoms. The summed E-state index contributed by atoms with van der Waals surface area (Å²) in [6, 6.07) is 0. The van der Waals surface area contributed by atoms with Crippen LogP contribution in [0, 0.1) is 0 Å². The second kappa shape index (κ2) is 3.96. The zero-order valence-electron chi connectivity index (χ0n) is 7.56. The van der Waals surface area contributed by atoms with Crippen LogP contribution in [0.4, 0.5) is 0 Å². The molecule has 0 aliphatic carbocycles. The van der Waals surface area contributed by atoms with Crippen molar-refractivity contribution in [3.8, 4) is 0 Å². The molecule has 0 atom stereocenters. The zero-order valence-corrected chi connectivity index (χ0v) is 8.38. The minimum absolute atomic E-state index is 0.0854. The van der Waals surface area contributed by atoms with Gasteiger partial charge in [0, 0.05) is 11.9 Å². The Labute approximate surface area is 85.8 Å². The van der Waals surface area contributed by atoms with Crippen LogP contribution >= 0.6 is 11.8 Å². The molecule has 2 heterocycles. The highest BCUT2D eigenvalue weighted by molar-refractivity contribution is 7.98. The second-order valence-electron chi connectivity index (χ2n) is 3.13. The van der Waals surface area contributed by atoms with E-state index in [2.05, 4.69) is 9.97 Å². The summed E-state index contributed by atoms with van der Waals surface area (Å²) in [5.41, 5.74) is 2.17. The molecule has 1 aliphatic heterocycles. The highest BCUT2D eigenvalue weighted by atomic mass is 32.2. The van der Waals surface area contributed by atoms with Gasteiger partial charge in [0.25, 0.3) is 0 Å². The Hall–Kier alpha value is -1.10. The van der Waals surface area contributed by atoms with Crippen LogP contribution < -0.4 is 0 Å². The van der Waals surface area contributed by atoms with Crippen molar-refractivity contribution in [2.24, 2.45) is 0 Å². The topological polar surface area (TPSA) is 63.1 Å². The third-order valence-corrected chi connectivity index (χ3v) is 3.04. The Bertz CT molecular complexity index is 368. The van der Waals surface area contributed by atoms with Gasteiger partial charge in [-0.05, 0) is 17.7 Å². The van der Waals surface area contributed by atoms with Gasteiger partial charge in [0.05, 0.1) is 5.69 Å². The van der Waals surface area contributed by atoms with E-state index < -0.39 is 5.97 Å². The number of nitrogens with zero attached hydrogens (tertiary/aromatic N) is 2. The number of aliphatic carboxylic acids is 1. The molecule has 0 saturated heterocycles. The van der Waals surface area contributed by atoms with Crippen molar-refractivity contribution in [2.75, 3.05) is 5.75 Å². The maximum atomic E-state index is 10.5. The maximum absolute atomic E-state index is 10.5. The molecule has 5 heteroatoms. The summed E-state index contributed by atoms with van der Waals surface area (Å²) < 4.78 is 0. The Balaban J connectivity index is 2.24. The van der Waals surface area contributed by atoms with E-state index in [4.69, 9.17) is 5.11 Å². The number of aromatic nitrogens is 2. The summed E-state index contributed by atoms with van der Waals surface area (Å²) in [4.78, 5) is 18.7. The van der Waals surface area contributed by atoms with Crippen LogP contribution in [0.15, 0.2) is 6.20 Å². The van der Waals surface area contributed by atoms with Crippen molar-refractivity contribution in [3.05, 3.63) is 23.3 Å². The first-order valence-corrected chi connectivity index (χ1v) is 5.54. The Kier molecular flexibility index (Phi) is 2.67. The van der Waals surface area contributed by atoms with Gasteiger partial charge >= 0.3 is 5.97 Å².